The average Bonchev–Trinajstić information content (AvgIpc) is 2.82. The van der Waals surface area contributed by atoms with E-state index in [0.717, 1.165) is 22.3 Å². The first-order valence-corrected chi connectivity index (χ1v) is 11.4. The number of hydrogen-bond acceptors (Lipinski definition) is 5. The summed E-state index contributed by atoms with van der Waals surface area (Å²) in [6.07, 6.45) is 3.11. The van der Waals surface area contributed by atoms with Crippen LogP contribution in [0.25, 0.3) is 6.08 Å². The summed E-state index contributed by atoms with van der Waals surface area (Å²) in [5.74, 6) is -0.0221. The lowest BCUT2D eigenvalue weighted by molar-refractivity contribution is -0.128. The molecule has 1 aliphatic heterocycles. The Balaban J connectivity index is 1.53. The first-order valence-electron chi connectivity index (χ1n) is 11.4. The number of hydrogen-bond donors (Lipinski definition) is 1. The van der Waals surface area contributed by atoms with Crippen molar-refractivity contribution in [1.82, 2.24) is 0 Å². The lowest BCUT2D eigenvalue weighted by atomic mass is 9.83. The average molecular weight is 465 g/mol. The van der Waals surface area contributed by atoms with E-state index >= 15 is 0 Å². The molecule has 0 fully saturated rings. The summed E-state index contributed by atoms with van der Waals surface area (Å²) in [5.41, 5.74) is 11.5. The molecule has 5 nitrogen and oxygen atoms in total. The lowest BCUT2D eigenvalue weighted by Gasteiger charge is -2.26. The van der Waals surface area contributed by atoms with Gasteiger partial charge in [0.05, 0.1) is 5.92 Å². The highest BCUT2D eigenvalue weighted by molar-refractivity contribution is 5.88. The number of aryl methyl sites for hydroxylation is 1. The highest BCUT2D eigenvalue weighted by atomic mass is 16.5. The summed E-state index contributed by atoms with van der Waals surface area (Å²) in [4.78, 5) is 12.4. The topological polar surface area (TPSA) is 85.3 Å². The number of benzene rings is 3. The van der Waals surface area contributed by atoms with Crippen molar-refractivity contribution in [3.63, 3.8) is 0 Å². The predicted octanol–water partition coefficient (Wildman–Crippen LogP) is 6.13. The number of nitrogens with two attached hydrogens (primary N) is 1. The number of fused-ring (bicyclic) bond motifs is 1. The van der Waals surface area contributed by atoms with E-state index in [-0.39, 0.29) is 17.2 Å². The summed E-state index contributed by atoms with van der Waals surface area (Å²) in [6, 6.07) is 23.3. The maximum atomic E-state index is 12.4. The zero-order valence-electron chi connectivity index (χ0n) is 20.3. The van der Waals surface area contributed by atoms with E-state index in [2.05, 4.69) is 39.0 Å². The van der Waals surface area contributed by atoms with Crippen molar-refractivity contribution in [1.29, 1.82) is 5.26 Å². The van der Waals surface area contributed by atoms with Gasteiger partial charge in [0.15, 0.2) is 0 Å². The highest BCUT2D eigenvalue weighted by Gasteiger charge is 2.31. The maximum Gasteiger partial charge on any atom is 0.336 e. The van der Waals surface area contributed by atoms with E-state index in [1.165, 1.54) is 11.6 Å². The summed E-state index contributed by atoms with van der Waals surface area (Å²) >= 11 is 0. The van der Waals surface area contributed by atoms with Crippen LogP contribution in [0.5, 0.6) is 11.5 Å². The van der Waals surface area contributed by atoms with Crippen LogP contribution in [-0.2, 0) is 10.2 Å². The third-order valence-electron chi connectivity index (χ3n) is 6.01. The minimum absolute atomic E-state index is 0.0488. The third-order valence-corrected chi connectivity index (χ3v) is 6.01. The van der Waals surface area contributed by atoms with Crippen molar-refractivity contribution < 1.29 is 14.3 Å². The van der Waals surface area contributed by atoms with Gasteiger partial charge in [-0.1, -0.05) is 80.9 Å². The quantitative estimate of drug-likeness (QED) is 0.285. The molecule has 0 saturated heterocycles. The Bertz CT molecular complexity index is 1350. The molecule has 0 bridgehead atoms. The summed E-state index contributed by atoms with van der Waals surface area (Å²) in [6.45, 7) is 8.48. The van der Waals surface area contributed by atoms with Crippen LogP contribution in [0.2, 0.25) is 0 Å². The van der Waals surface area contributed by atoms with E-state index in [9.17, 15) is 10.1 Å². The lowest BCUT2D eigenvalue weighted by Crippen LogP contribution is -2.21. The Morgan fingerprint density at radius 3 is 2.37 bits per heavy atom. The molecule has 3 aromatic carbocycles. The third kappa shape index (κ3) is 5.28. The number of nitrogens with zero attached hydrogens (tertiary/aromatic N) is 1. The Morgan fingerprint density at radius 1 is 1.06 bits per heavy atom. The van der Waals surface area contributed by atoms with Gasteiger partial charge in [0.1, 0.15) is 23.1 Å². The van der Waals surface area contributed by atoms with Crippen LogP contribution in [0.3, 0.4) is 0 Å². The Morgan fingerprint density at radius 2 is 1.74 bits per heavy atom. The van der Waals surface area contributed by atoms with Crippen LogP contribution in [-0.4, -0.2) is 5.97 Å². The molecular formula is C30H28N2O3. The number of allylic oxidation sites excluding steroid dienone is 1. The van der Waals surface area contributed by atoms with Crippen LogP contribution >= 0.6 is 0 Å². The number of ether oxygens (including phenoxy) is 2. The second-order valence-electron chi connectivity index (χ2n) is 9.66. The zero-order chi connectivity index (χ0) is 25.2. The second-order valence-corrected chi connectivity index (χ2v) is 9.66. The van der Waals surface area contributed by atoms with Gasteiger partial charge in [0.2, 0.25) is 5.88 Å². The van der Waals surface area contributed by atoms with Gasteiger partial charge in [-0.05, 0) is 41.2 Å². The molecule has 0 aliphatic carbocycles. The molecule has 176 valence electrons. The fourth-order valence-corrected chi connectivity index (χ4v) is 4.01. The minimum atomic E-state index is -0.503. The van der Waals surface area contributed by atoms with E-state index in [1.54, 1.807) is 24.3 Å². The number of carbonyl (C=O) groups is 1. The van der Waals surface area contributed by atoms with Crippen LogP contribution in [0.1, 0.15) is 54.5 Å². The largest absolute Gasteiger partial charge is 0.440 e. The molecule has 0 amide bonds. The second kappa shape index (κ2) is 9.52. The Hall–Kier alpha value is -4.30. The monoisotopic (exact) mass is 464 g/mol. The standard InChI is InChI=1S/C30H28N2O3/c1-19-5-10-21(11-6-19)28-24-15-14-23(17-26(24)35-29(32)25(28)18-31)34-27(33)16-9-20-7-12-22(13-8-20)30(2,3)4/h5-17,28H,32H2,1-4H3/b16-9+. The fraction of sp³-hybridized carbons (Fsp3) is 0.200. The van der Waals surface area contributed by atoms with Gasteiger partial charge < -0.3 is 15.2 Å². The molecule has 5 heteroatoms. The summed E-state index contributed by atoms with van der Waals surface area (Å²) < 4.78 is 11.2. The first-order chi connectivity index (χ1) is 16.7. The van der Waals surface area contributed by atoms with E-state index < -0.39 is 5.97 Å². The van der Waals surface area contributed by atoms with Gasteiger partial charge in [-0.15, -0.1) is 0 Å². The van der Waals surface area contributed by atoms with E-state index in [0.29, 0.717) is 17.1 Å². The van der Waals surface area contributed by atoms with Crippen LogP contribution < -0.4 is 15.2 Å². The number of rotatable bonds is 4. The summed E-state index contributed by atoms with van der Waals surface area (Å²) in [5, 5.41) is 9.71. The van der Waals surface area contributed by atoms with Crippen LogP contribution in [0, 0.1) is 18.3 Å². The smallest absolute Gasteiger partial charge is 0.336 e. The van der Waals surface area contributed by atoms with Gasteiger partial charge in [0, 0.05) is 17.7 Å². The SMILES string of the molecule is Cc1ccc(C2C(C#N)=C(N)Oc3cc(OC(=O)/C=C/c4ccc(C(C)(C)C)cc4)ccc32)cc1. The molecule has 1 heterocycles. The molecule has 4 rings (SSSR count). The van der Waals surface area contributed by atoms with Crippen LogP contribution in [0.4, 0.5) is 0 Å². The van der Waals surface area contributed by atoms with E-state index in [4.69, 9.17) is 15.2 Å². The molecule has 0 radical (unpaired) electrons. The summed E-state index contributed by atoms with van der Waals surface area (Å²) in [7, 11) is 0. The molecule has 0 spiro atoms. The molecule has 3 aromatic rings. The van der Waals surface area contributed by atoms with Gasteiger partial charge in [-0.25, -0.2) is 4.79 Å². The zero-order valence-corrected chi connectivity index (χ0v) is 20.3. The number of esters is 1. The van der Waals surface area contributed by atoms with E-state index in [1.807, 2.05) is 43.3 Å². The van der Waals surface area contributed by atoms with Gasteiger partial charge in [-0.2, -0.15) is 5.26 Å². The molecule has 1 unspecified atom stereocenters. The van der Waals surface area contributed by atoms with Crippen molar-refractivity contribution in [2.24, 2.45) is 5.73 Å². The molecule has 0 aromatic heterocycles. The molecule has 0 saturated carbocycles. The number of nitriles is 1. The molecule has 2 N–H and O–H groups in total. The van der Waals surface area contributed by atoms with Crippen molar-refractivity contribution in [2.45, 2.75) is 39.0 Å². The van der Waals surface area contributed by atoms with Crippen LogP contribution in [0.15, 0.2) is 84.3 Å². The molecule has 1 aliphatic rings. The fourth-order valence-electron chi connectivity index (χ4n) is 4.01. The molecule has 35 heavy (non-hydrogen) atoms. The first kappa shape index (κ1) is 23.8. The Labute approximate surface area is 206 Å². The van der Waals surface area contributed by atoms with Crippen molar-refractivity contribution in [3.8, 4) is 17.6 Å². The molecular weight excluding hydrogens is 436 g/mol. The van der Waals surface area contributed by atoms with Gasteiger partial charge in [-0.3, -0.25) is 0 Å². The predicted molar refractivity (Wildman–Crippen MR) is 137 cm³/mol. The van der Waals surface area contributed by atoms with Gasteiger partial charge in [0.25, 0.3) is 0 Å². The van der Waals surface area contributed by atoms with Crippen molar-refractivity contribution in [3.05, 3.63) is 112 Å². The highest BCUT2D eigenvalue weighted by Crippen LogP contribution is 2.43. The maximum absolute atomic E-state index is 12.4. The Kier molecular flexibility index (Phi) is 6.48. The molecule has 1 atom stereocenters. The van der Waals surface area contributed by atoms with Crippen molar-refractivity contribution in [2.75, 3.05) is 0 Å². The normalized spacial score (nSPS) is 15.3. The number of carbonyl (C=O) groups excluding carboxylic acids is 1. The van der Waals surface area contributed by atoms with Gasteiger partial charge >= 0.3 is 5.97 Å². The minimum Gasteiger partial charge on any atom is -0.440 e. The van der Waals surface area contributed by atoms with Crippen molar-refractivity contribution >= 4 is 12.0 Å².